The monoisotopic (exact) mass is 968 g/mol. The summed E-state index contributed by atoms with van der Waals surface area (Å²) >= 11 is 0. The molecule has 0 bridgehead atoms. The molecule has 6 heteroatoms. The highest BCUT2D eigenvalue weighted by Gasteiger charge is 2.18. The fourth-order valence-electron chi connectivity index (χ4n) is 9.14. The Balaban J connectivity index is 3.40. The lowest BCUT2D eigenvalue weighted by molar-refractivity contribution is -0.143. The average molecular weight is 969 g/mol. The third kappa shape index (κ3) is 55.0. The van der Waals surface area contributed by atoms with E-state index in [0.29, 0.717) is 19.4 Å². The van der Waals surface area contributed by atoms with Gasteiger partial charge in [-0.1, -0.05) is 268 Å². The van der Waals surface area contributed by atoms with E-state index < -0.39 is 12.1 Å². The van der Waals surface area contributed by atoms with E-state index in [1.54, 1.807) is 6.08 Å². The zero-order chi connectivity index (χ0) is 50.0. The van der Waals surface area contributed by atoms with E-state index >= 15 is 0 Å². The van der Waals surface area contributed by atoms with Crippen LogP contribution in [0.4, 0.5) is 0 Å². The molecular formula is C63H117NO5. The van der Waals surface area contributed by atoms with Crippen molar-refractivity contribution in [3.63, 3.8) is 0 Å². The second-order valence-corrected chi connectivity index (χ2v) is 20.7. The van der Waals surface area contributed by atoms with Crippen molar-refractivity contribution < 1.29 is 24.5 Å². The molecule has 0 aromatic carbocycles. The summed E-state index contributed by atoms with van der Waals surface area (Å²) < 4.78 is 5.47. The number of hydrogen-bond donors (Lipinski definition) is 3. The minimum absolute atomic E-state index is 0.00119. The summed E-state index contributed by atoms with van der Waals surface area (Å²) in [5, 5.41) is 23.0. The molecule has 1 amide bonds. The smallest absolute Gasteiger partial charge is 0.305 e. The number of amides is 1. The van der Waals surface area contributed by atoms with Crippen LogP contribution in [-0.4, -0.2) is 47.4 Å². The highest BCUT2D eigenvalue weighted by Crippen LogP contribution is 2.16. The molecule has 0 saturated carbocycles. The average Bonchev–Trinajstić information content (AvgIpc) is 3.35. The number of hydrogen-bond acceptors (Lipinski definition) is 5. The van der Waals surface area contributed by atoms with Gasteiger partial charge in [-0.3, -0.25) is 9.59 Å². The standard InChI is InChI=1S/C63H117NO5/c1-3-5-7-9-11-13-15-32-37-41-45-49-53-57-63(68)69-58-54-50-46-42-38-34-31-29-27-25-23-21-19-17-18-20-22-24-26-28-30-33-36-40-44-48-52-56-62(67)64-60(59-65)61(66)55-51-47-43-39-35-16-14-12-10-8-6-4-2/h7,9,13,15,17-18,51,55,60-61,65-66H,3-6,8,10-12,14,16,19-50,52-54,56-59H2,1-2H3,(H,64,67)/b9-7-,15-13-,18-17-,55-51+. The topological polar surface area (TPSA) is 95.9 Å². The maximum atomic E-state index is 12.4. The van der Waals surface area contributed by atoms with Crippen LogP contribution in [-0.2, 0) is 14.3 Å². The number of nitrogens with one attached hydrogen (secondary N) is 1. The Labute approximate surface area is 429 Å². The predicted molar refractivity (Wildman–Crippen MR) is 301 cm³/mol. The van der Waals surface area contributed by atoms with Crippen molar-refractivity contribution in [2.75, 3.05) is 13.2 Å². The molecule has 0 heterocycles. The molecule has 0 aliphatic heterocycles. The van der Waals surface area contributed by atoms with Gasteiger partial charge in [-0.25, -0.2) is 0 Å². The number of unbranched alkanes of at least 4 members (excludes halogenated alkanes) is 39. The molecule has 2 atom stereocenters. The van der Waals surface area contributed by atoms with E-state index in [2.05, 4.69) is 55.6 Å². The largest absolute Gasteiger partial charge is 0.466 e. The minimum atomic E-state index is -0.844. The van der Waals surface area contributed by atoms with Gasteiger partial charge in [0.15, 0.2) is 0 Å². The lowest BCUT2D eigenvalue weighted by atomic mass is 10.0. The first kappa shape index (κ1) is 66.8. The Kier molecular flexibility index (Phi) is 56.5. The number of carbonyl (C=O) groups excluding carboxylic acids is 2. The minimum Gasteiger partial charge on any atom is -0.466 e. The van der Waals surface area contributed by atoms with Gasteiger partial charge in [0, 0.05) is 12.8 Å². The van der Waals surface area contributed by atoms with E-state index in [4.69, 9.17) is 4.74 Å². The van der Waals surface area contributed by atoms with Crippen LogP contribution < -0.4 is 5.32 Å². The molecule has 0 aliphatic carbocycles. The van der Waals surface area contributed by atoms with Crippen LogP contribution in [0.1, 0.15) is 316 Å². The summed E-state index contributed by atoms with van der Waals surface area (Å²) in [5.74, 6) is -0.0708. The molecule has 2 unspecified atom stereocenters. The first-order valence-corrected chi connectivity index (χ1v) is 30.4. The van der Waals surface area contributed by atoms with Crippen molar-refractivity contribution in [2.24, 2.45) is 0 Å². The predicted octanol–water partition coefficient (Wildman–Crippen LogP) is 19.0. The molecule has 69 heavy (non-hydrogen) atoms. The lowest BCUT2D eigenvalue weighted by Crippen LogP contribution is -2.45. The number of rotatable bonds is 56. The van der Waals surface area contributed by atoms with E-state index in [0.717, 1.165) is 51.4 Å². The number of ether oxygens (including phenoxy) is 1. The quantitative estimate of drug-likeness (QED) is 0.0321. The van der Waals surface area contributed by atoms with Crippen LogP contribution >= 0.6 is 0 Å². The van der Waals surface area contributed by atoms with Gasteiger partial charge >= 0.3 is 5.97 Å². The molecule has 0 aromatic rings. The third-order valence-corrected chi connectivity index (χ3v) is 13.8. The summed E-state index contributed by atoms with van der Waals surface area (Å²) in [7, 11) is 0. The van der Waals surface area contributed by atoms with Crippen LogP contribution in [0.5, 0.6) is 0 Å². The van der Waals surface area contributed by atoms with Crippen molar-refractivity contribution in [2.45, 2.75) is 328 Å². The Bertz CT molecular complexity index is 1160. The van der Waals surface area contributed by atoms with Crippen LogP contribution in [0.2, 0.25) is 0 Å². The van der Waals surface area contributed by atoms with E-state index in [9.17, 15) is 19.8 Å². The number of allylic oxidation sites excluding steroid dienone is 7. The van der Waals surface area contributed by atoms with E-state index in [-0.39, 0.29) is 18.5 Å². The molecule has 3 N–H and O–H groups in total. The Morgan fingerprint density at radius 3 is 1.17 bits per heavy atom. The van der Waals surface area contributed by atoms with E-state index in [1.165, 1.54) is 238 Å². The molecule has 6 nitrogen and oxygen atoms in total. The van der Waals surface area contributed by atoms with Crippen LogP contribution in [0, 0.1) is 0 Å². The van der Waals surface area contributed by atoms with Crippen molar-refractivity contribution in [3.8, 4) is 0 Å². The van der Waals surface area contributed by atoms with E-state index in [1.807, 2.05) is 6.08 Å². The molecule has 0 saturated heterocycles. The van der Waals surface area contributed by atoms with Crippen LogP contribution in [0.25, 0.3) is 0 Å². The molecule has 0 fully saturated rings. The zero-order valence-electron chi connectivity index (χ0n) is 46.0. The van der Waals surface area contributed by atoms with Gasteiger partial charge in [0.05, 0.1) is 25.4 Å². The second kappa shape index (κ2) is 58.4. The zero-order valence-corrected chi connectivity index (χ0v) is 46.0. The Morgan fingerprint density at radius 1 is 0.406 bits per heavy atom. The van der Waals surface area contributed by atoms with Crippen molar-refractivity contribution in [1.29, 1.82) is 0 Å². The normalized spacial score (nSPS) is 12.9. The number of aliphatic hydroxyl groups excluding tert-OH is 2. The summed E-state index contributed by atoms with van der Waals surface area (Å²) in [6.45, 7) is 4.83. The van der Waals surface area contributed by atoms with Gasteiger partial charge in [0.1, 0.15) is 0 Å². The van der Waals surface area contributed by atoms with Gasteiger partial charge in [0.25, 0.3) is 0 Å². The van der Waals surface area contributed by atoms with Gasteiger partial charge in [0.2, 0.25) is 5.91 Å². The third-order valence-electron chi connectivity index (χ3n) is 13.8. The number of esters is 1. The van der Waals surface area contributed by atoms with Gasteiger partial charge in [-0.2, -0.15) is 0 Å². The maximum Gasteiger partial charge on any atom is 0.305 e. The second-order valence-electron chi connectivity index (χ2n) is 20.7. The fraction of sp³-hybridized carbons (Fsp3) is 0.841. The number of aliphatic hydroxyl groups is 2. The van der Waals surface area contributed by atoms with Gasteiger partial charge in [-0.15, -0.1) is 0 Å². The Morgan fingerprint density at radius 2 is 0.754 bits per heavy atom. The van der Waals surface area contributed by atoms with Crippen molar-refractivity contribution in [1.82, 2.24) is 5.32 Å². The molecule has 0 radical (unpaired) electrons. The highest BCUT2D eigenvalue weighted by atomic mass is 16.5. The van der Waals surface area contributed by atoms with Crippen LogP contribution in [0.15, 0.2) is 48.6 Å². The lowest BCUT2D eigenvalue weighted by Gasteiger charge is -2.20. The summed E-state index contributed by atoms with van der Waals surface area (Å²) in [6.07, 6.45) is 74.4. The summed E-state index contributed by atoms with van der Waals surface area (Å²) in [6, 6.07) is -0.628. The molecule has 0 rings (SSSR count). The number of carbonyl (C=O) groups is 2. The molecular weight excluding hydrogens is 851 g/mol. The summed E-state index contributed by atoms with van der Waals surface area (Å²) in [4.78, 5) is 24.4. The van der Waals surface area contributed by atoms with Crippen molar-refractivity contribution in [3.05, 3.63) is 48.6 Å². The highest BCUT2D eigenvalue weighted by molar-refractivity contribution is 5.76. The molecule has 404 valence electrons. The Hall–Kier alpha value is -2.18. The van der Waals surface area contributed by atoms with Gasteiger partial charge in [-0.05, 0) is 83.5 Å². The maximum absolute atomic E-state index is 12.4. The first-order valence-electron chi connectivity index (χ1n) is 30.4. The SMILES string of the molecule is CCC/C=C\C/C=C\CCCCCCCC(=O)OCCCCCCCCCCCCCC/C=C\CCCCCCCCCCCCCC(=O)NC(CO)C(O)/C=C/CCCCCCCCCCCC. The summed E-state index contributed by atoms with van der Waals surface area (Å²) in [5.41, 5.74) is 0. The van der Waals surface area contributed by atoms with Gasteiger partial charge < -0.3 is 20.3 Å². The molecule has 0 spiro atoms. The van der Waals surface area contributed by atoms with Crippen LogP contribution in [0.3, 0.4) is 0 Å². The molecule has 0 aliphatic rings. The first-order chi connectivity index (χ1) is 34.0. The molecule has 0 aromatic heterocycles. The fourth-order valence-corrected chi connectivity index (χ4v) is 9.14. The van der Waals surface area contributed by atoms with Crippen molar-refractivity contribution >= 4 is 11.9 Å².